The van der Waals surface area contributed by atoms with Crippen LogP contribution in [-0.2, 0) is 19.1 Å². The van der Waals surface area contributed by atoms with Crippen molar-refractivity contribution in [1.82, 2.24) is 14.7 Å². The van der Waals surface area contributed by atoms with Gasteiger partial charge in [0.2, 0.25) is 12.7 Å². The maximum absolute atomic E-state index is 13.8. The number of fused-ring (bicyclic) bond motifs is 1. The number of carbonyl (C=O) groups is 2. The molecule has 10 heteroatoms. The molecule has 1 aromatic carbocycles. The average molecular weight is 576 g/mol. The van der Waals surface area contributed by atoms with Crippen LogP contribution in [0.1, 0.15) is 64.4 Å². The largest absolute Gasteiger partial charge is 0.481 e. The molecule has 1 aromatic rings. The number of ether oxygens (including phenoxy) is 4. The van der Waals surface area contributed by atoms with Crippen molar-refractivity contribution < 1.29 is 33.6 Å². The first-order chi connectivity index (χ1) is 19.6. The first-order valence-electron chi connectivity index (χ1n) is 15.1. The van der Waals surface area contributed by atoms with Crippen LogP contribution >= 0.6 is 0 Å². The predicted octanol–water partition coefficient (Wildman–Crippen LogP) is 3.64. The van der Waals surface area contributed by atoms with E-state index in [-0.39, 0.29) is 31.2 Å². The Bertz CT molecular complexity index is 1030. The highest BCUT2D eigenvalue weighted by molar-refractivity contribution is 5.79. The Morgan fingerprint density at radius 2 is 1.71 bits per heavy atom. The molecule has 3 heterocycles. The van der Waals surface area contributed by atoms with Crippen molar-refractivity contribution in [2.24, 2.45) is 11.3 Å². The molecule has 230 valence electrons. The van der Waals surface area contributed by atoms with E-state index in [2.05, 4.69) is 44.7 Å². The summed E-state index contributed by atoms with van der Waals surface area (Å²) in [6.45, 7) is 10.6. The molecule has 0 aromatic heterocycles. The van der Waals surface area contributed by atoms with E-state index in [9.17, 15) is 14.7 Å². The fraction of sp³-hybridized carbons (Fsp3) is 0.742. The van der Waals surface area contributed by atoms with E-state index in [4.69, 9.17) is 18.9 Å². The smallest absolute Gasteiger partial charge is 0.308 e. The third-order valence-electron chi connectivity index (χ3n) is 8.61. The summed E-state index contributed by atoms with van der Waals surface area (Å²) in [5, 5.41) is 10.6. The van der Waals surface area contributed by atoms with Gasteiger partial charge in [-0.05, 0) is 64.0 Å². The van der Waals surface area contributed by atoms with Crippen LogP contribution in [0.25, 0.3) is 0 Å². The highest BCUT2D eigenvalue weighted by Crippen LogP contribution is 2.46. The highest BCUT2D eigenvalue weighted by atomic mass is 16.7. The van der Waals surface area contributed by atoms with Crippen LogP contribution in [0.2, 0.25) is 0 Å². The molecule has 10 nitrogen and oxygen atoms in total. The Morgan fingerprint density at radius 1 is 1.02 bits per heavy atom. The van der Waals surface area contributed by atoms with Crippen LogP contribution in [0.4, 0.5) is 0 Å². The van der Waals surface area contributed by atoms with Gasteiger partial charge in [0, 0.05) is 37.0 Å². The first-order valence-corrected chi connectivity index (χ1v) is 15.1. The molecule has 0 radical (unpaired) electrons. The van der Waals surface area contributed by atoms with Gasteiger partial charge in [0.15, 0.2) is 17.8 Å². The molecule has 2 fully saturated rings. The standard InChI is InChI=1S/C31H49N3O7/c1-6-7-13-33(14-9-8-12-32(4)5)27(35)20-34-19-23(22-10-11-25-26(17-22)41-21-40-25)28(29(36)37)24(34)18-31(2,3)30-38-15-16-39-30/h10-11,17,23-24,28,30H,6-9,12-16,18-21H2,1-5H3,(H,36,37)/t23-,24+,28-/m1/s1. The van der Waals surface area contributed by atoms with Gasteiger partial charge >= 0.3 is 5.97 Å². The molecule has 3 atom stereocenters. The number of likely N-dealkylation sites (tertiary alicyclic amines) is 1. The molecule has 41 heavy (non-hydrogen) atoms. The van der Waals surface area contributed by atoms with Gasteiger partial charge in [-0.25, -0.2) is 0 Å². The van der Waals surface area contributed by atoms with Gasteiger partial charge in [-0.1, -0.05) is 33.3 Å². The summed E-state index contributed by atoms with van der Waals surface area (Å²) in [6, 6.07) is 5.32. The van der Waals surface area contributed by atoms with Gasteiger partial charge in [-0.15, -0.1) is 0 Å². The lowest BCUT2D eigenvalue weighted by Crippen LogP contribution is -2.47. The molecule has 4 rings (SSSR count). The number of carboxylic acids is 1. The summed E-state index contributed by atoms with van der Waals surface area (Å²) in [6.07, 6.45) is 4.05. The Hall–Kier alpha value is -2.40. The van der Waals surface area contributed by atoms with Crippen molar-refractivity contribution >= 4 is 11.9 Å². The molecule has 0 unspecified atom stereocenters. The second-order valence-electron chi connectivity index (χ2n) is 12.6. The molecule has 1 amide bonds. The normalized spacial score (nSPS) is 23.0. The second-order valence-corrected chi connectivity index (χ2v) is 12.6. The number of benzene rings is 1. The summed E-state index contributed by atoms with van der Waals surface area (Å²) < 4.78 is 22.8. The number of unbranched alkanes of at least 4 members (excludes halogenated alkanes) is 2. The minimum Gasteiger partial charge on any atom is -0.481 e. The number of rotatable bonds is 15. The van der Waals surface area contributed by atoms with Crippen LogP contribution < -0.4 is 9.47 Å². The molecular weight excluding hydrogens is 526 g/mol. The van der Waals surface area contributed by atoms with E-state index in [1.54, 1.807) is 0 Å². The Balaban J connectivity index is 1.58. The van der Waals surface area contributed by atoms with Gasteiger partial charge in [0.05, 0.1) is 25.7 Å². The third-order valence-corrected chi connectivity index (χ3v) is 8.61. The van der Waals surface area contributed by atoms with Crippen molar-refractivity contribution in [3.63, 3.8) is 0 Å². The number of hydrogen-bond acceptors (Lipinski definition) is 8. The molecule has 0 spiro atoms. The predicted molar refractivity (Wildman–Crippen MR) is 155 cm³/mol. The summed E-state index contributed by atoms with van der Waals surface area (Å²) in [5.41, 5.74) is 0.452. The lowest BCUT2D eigenvalue weighted by atomic mass is 9.77. The summed E-state index contributed by atoms with van der Waals surface area (Å²) in [4.78, 5) is 33.0. The lowest BCUT2D eigenvalue weighted by Gasteiger charge is -2.37. The van der Waals surface area contributed by atoms with Crippen molar-refractivity contribution in [2.45, 2.75) is 71.1 Å². The van der Waals surface area contributed by atoms with E-state index in [0.717, 1.165) is 44.3 Å². The highest BCUT2D eigenvalue weighted by Gasteiger charge is 2.50. The number of amides is 1. The van der Waals surface area contributed by atoms with Crippen molar-refractivity contribution in [3.8, 4) is 11.5 Å². The van der Waals surface area contributed by atoms with E-state index < -0.39 is 23.6 Å². The van der Waals surface area contributed by atoms with E-state index in [0.29, 0.717) is 44.2 Å². The Kier molecular flexibility index (Phi) is 10.9. The van der Waals surface area contributed by atoms with Gasteiger partial charge in [-0.2, -0.15) is 0 Å². The monoisotopic (exact) mass is 575 g/mol. The maximum Gasteiger partial charge on any atom is 0.308 e. The van der Waals surface area contributed by atoms with Crippen LogP contribution in [0, 0.1) is 11.3 Å². The molecule has 0 aliphatic carbocycles. The number of aliphatic carboxylic acids is 1. The van der Waals surface area contributed by atoms with Crippen molar-refractivity contribution in [3.05, 3.63) is 23.8 Å². The summed E-state index contributed by atoms with van der Waals surface area (Å²) in [5.74, 6) is -0.495. The summed E-state index contributed by atoms with van der Waals surface area (Å²) >= 11 is 0. The van der Waals surface area contributed by atoms with Gasteiger partial charge in [-0.3, -0.25) is 14.5 Å². The lowest BCUT2D eigenvalue weighted by molar-refractivity contribution is -0.148. The van der Waals surface area contributed by atoms with Gasteiger partial charge in [0.1, 0.15) is 0 Å². The Labute approximate surface area is 244 Å². The molecular formula is C31H49N3O7. The van der Waals surface area contributed by atoms with Gasteiger partial charge < -0.3 is 33.9 Å². The molecule has 0 saturated carbocycles. The number of carbonyl (C=O) groups excluding carboxylic acids is 1. The zero-order valence-corrected chi connectivity index (χ0v) is 25.5. The van der Waals surface area contributed by atoms with Crippen molar-refractivity contribution in [2.75, 3.05) is 66.8 Å². The molecule has 2 saturated heterocycles. The maximum atomic E-state index is 13.8. The third kappa shape index (κ3) is 7.91. The van der Waals surface area contributed by atoms with E-state index >= 15 is 0 Å². The van der Waals surface area contributed by atoms with Crippen LogP contribution in [0.3, 0.4) is 0 Å². The molecule has 3 aliphatic heterocycles. The van der Waals surface area contributed by atoms with Crippen LogP contribution in [-0.4, -0.2) is 111 Å². The first kappa shape index (κ1) is 31.5. The van der Waals surface area contributed by atoms with Crippen molar-refractivity contribution in [1.29, 1.82) is 0 Å². The molecule has 1 N–H and O–H groups in total. The average Bonchev–Trinajstić information content (AvgIpc) is 3.68. The zero-order valence-electron chi connectivity index (χ0n) is 25.5. The molecule has 0 bridgehead atoms. The summed E-state index contributed by atoms with van der Waals surface area (Å²) in [7, 11) is 4.12. The van der Waals surface area contributed by atoms with Gasteiger partial charge in [0.25, 0.3) is 0 Å². The topological polar surface area (TPSA) is 101 Å². The fourth-order valence-electron chi connectivity index (χ4n) is 6.39. The minimum absolute atomic E-state index is 0.0648. The number of hydrogen-bond donors (Lipinski definition) is 1. The van der Waals surface area contributed by atoms with E-state index in [1.165, 1.54) is 0 Å². The van der Waals surface area contributed by atoms with Crippen LogP contribution in [0.15, 0.2) is 18.2 Å². The van der Waals surface area contributed by atoms with Crippen LogP contribution in [0.5, 0.6) is 11.5 Å². The Morgan fingerprint density at radius 3 is 2.39 bits per heavy atom. The zero-order chi connectivity index (χ0) is 29.6. The SMILES string of the molecule is CCCCN(CCCCN(C)C)C(=O)CN1C[C@H](c2ccc3c(c2)OCO3)[C@@H](C(=O)O)[C@@H]1CC(C)(C)C1OCCO1. The second kappa shape index (κ2) is 14.2. The molecule has 3 aliphatic rings. The quantitative estimate of drug-likeness (QED) is 0.314. The fourth-order valence-corrected chi connectivity index (χ4v) is 6.39. The number of nitrogens with zero attached hydrogens (tertiary/aromatic N) is 3. The number of carboxylic acid groups (broad SMARTS) is 1. The minimum atomic E-state index is -0.858. The van der Waals surface area contributed by atoms with E-state index in [1.807, 2.05) is 23.1 Å².